The van der Waals surface area contributed by atoms with Crippen molar-refractivity contribution in [1.82, 2.24) is 0 Å². The van der Waals surface area contributed by atoms with Crippen LogP contribution in [0.4, 0.5) is 0 Å². The van der Waals surface area contributed by atoms with E-state index in [-0.39, 0.29) is 22.7 Å². The lowest BCUT2D eigenvalue weighted by molar-refractivity contribution is -0.116. The van der Waals surface area contributed by atoms with Crippen LogP contribution in [0.3, 0.4) is 0 Å². The van der Waals surface area contributed by atoms with Crippen LogP contribution in [0, 0.1) is 10.8 Å². The number of aliphatic hydroxyl groups is 1. The Balaban J connectivity index is 1.92. The fourth-order valence-electron chi connectivity index (χ4n) is 5.45. The van der Waals surface area contributed by atoms with Crippen LogP contribution < -0.4 is 0 Å². The molecular weight excluding hydrogens is 512 g/mol. The van der Waals surface area contributed by atoms with Crippen LogP contribution in [0.15, 0.2) is 130 Å². The summed E-state index contributed by atoms with van der Waals surface area (Å²) in [7, 11) is 0. The molecule has 2 rings (SSSR count). The molecule has 0 radical (unpaired) electrons. The maximum absolute atomic E-state index is 12.2. The largest absolute Gasteiger partial charge is 0.389 e. The molecule has 1 atom stereocenters. The number of allylic oxidation sites excluding steroid dienone is 21. The summed E-state index contributed by atoms with van der Waals surface area (Å²) >= 11 is 0. The maximum atomic E-state index is 12.2. The van der Waals surface area contributed by atoms with Crippen LogP contribution in [-0.2, 0) is 4.79 Å². The average Bonchev–Trinajstić information content (AvgIpc) is 2.91. The van der Waals surface area contributed by atoms with E-state index in [0.29, 0.717) is 6.42 Å². The molecule has 0 aromatic carbocycles. The van der Waals surface area contributed by atoms with E-state index in [1.165, 1.54) is 22.3 Å². The van der Waals surface area contributed by atoms with Gasteiger partial charge < -0.3 is 5.11 Å². The Morgan fingerprint density at radius 3 is 1.62 bits per heavy atom. The minimum Gasteiger partial charge on any atom is -0.389 e. The smallest absolute Gasteiger partial charge is 0.158 e. The van der Waals surface area contributed by atoms with Gasteiger partial charge in [0.25, 0.3) is 0 Å². The quantitative estimate of drug-likeness (QED) is 0.267. The molecule has 0 fully saturated rings. The molecule has 0 aromatic rings. The second-order valence-electron chi connectivity index (χ2n) is 13.3. The van der Waals surface area contributed by atoms with Crippen LogP contribution >= 0.6 is 0 Å². The minimum absolute atomic E-state index is 0.0428. The van der Waals surface area contributed by atoms with Crippen LogP contribution in [0.25, 0.3) is 0 Å². The number of carbonyl (C=O) groups excluding carboxylic acids is 1. The first-order chi connectivity index (χ1) is 19.6. The number of rotatable bonds is 10. The third-order valence-corrected chi connectivity index (χ3v) is 8.52. The zero-order valence-electron chi connectivity index (χ0n) is 27.8. The van der Waals surface area contributed by atoms with E-state index in [9.17, 15) is 9.90 Å². The van der Waals surface area contributed by atoms with Gasteiger partial charge in [-0.3, -0.25) is 4.79 Å². The molecule has 2 aliphatic rings. The Kier molecular flexibility index (Phi) is 13.2. The summed E-state index contributed by atoms with van der Waals surface area (Å²) in [5, 5.41) is 10.3. The fourth-order valence-corrected chi connectivity index (χ4v) is 5.45. The molecule has 0 unspecified atom stereocenters. The molecule has 0 amide bonds. The summed E-state index contributed by atoms with van der Waals surface area (Å²) in [5.74, 6) is 0.273. The summed E-state index contributed by atoms with van der Waals surface area (Å²) in [6, 6.07) is 0. The fraction of sp³-hybridized carbons (Fsp3) is 0.425. The number of hydrogen-bond acceptors (Lipinski definition) is 2. The van der Waals surface area contributed by atoms with Gasteiger partial charge in [0, 0.05) is 6.42 Å². The van der Waals surface area contributed by atoms with Gasteiger partial charge in [-0.1, -0.05) is 135 Å². The molecule has 0 saturated carbocycles. The van der Waals surface area contributed by atoms with Gasteiger partial charge in [0.1, 0.15) is 0 Å². The Bertz CT molecular complexity index is 1330. The van der Waals surface area contributed by atoms with E-state index in [0.717, 1.165) is 41.6 Å². The van der Waals surface area contributed by atoms with E-state index in [1.54, 1.807) is 0 Å². The summed E-state index contributed by atoms with van der Waals surface area (Å²) in [6.45, 7) is 21.4. The van der Waals surface area contributed by atoms with Gasteiger partial charge >= 0.3 is 0 Å². The molecule has 2 nitrogen and oxygen atoms in total. The highest BCUT2D eigenvalue weighted by atomic mass is 16.3. The molecule has 0 heterocycles. The SMILES string of the molecule is CC1=C(\C=C/C(C)=C/C=C/C(C)=C/C=C/C=C(C)/C=C/C=C(C)/C=C/C2=C(C)[C@H](O)CCC2(C)C)C(C)(C)CCC1=O. The summed E-state index contributed by atoms with van der Waals surface area (Å²) < 4.78 is 0. The standard InChI is InChI=1S/C40H54O2/c1-29(17-13-19-31(3)21-23-35-33(5)37(41)25-27-39(35,7)8)15-11-12-16-30(2)18-14-20-32(4)22-24-36-34(6)38(42)26-28-40(36,9)10/h11-24,37,41H,25-28H2,1-10H3/b12-11+,17-13+,18-14+,23-21+,24-22-,29-15+,30-16+,31-19+,32-20+/t37-/m1/s1. The number of Topliss-reactive ketones (excluding diaryl/α,β-unsaturated/α-hetero) is 1. The van der Waals surface area contributed by atoms with Crippen molar-refractivity contribution in [3.63, 3.8) is 0 Å². The van der Waals surface area contributed by atoms with Crippen molar-refractivity contribution < 1.29 is 9.90 Å². The molecule has 2 heteroatoms. The highest BCUT2D eigenvalue weighted by Crippen LogP contribution is 2.41. The highest BCUT2D eigenvalue weighted by molar-refractivity contribution is 5.97. The lowest BCUT2D eigenvalue weighted by Gasteiger charge is -2.35. The van der Waals surface area contributed by atoms with E-state index < -0.39 is 0 Å². The van der Waals surface area contributed by atoms with Crippen LogP contribution in [0.1, 0.15) is 94.9 Å². The van der Waals surface area contributed by atoms with Crippen molar-refractivity contribution in [3.05, 3.63) is 130 Å². The number of ketones is 1. The van der Waals surface area contributed by atoms with Crippen LogP contribution in [0.5, 0.6) is 0 Å². The first-order valence-electron chi connectivity index (χ1n) is 15.4. The van der Waals surface area contributed by atoms with Gasteiger partial charge in [0.2, 0.25) is 0 Å². The van der Waals surface area contributed by atoms with E-state index in [2.05, 4.69) is 147 Å². The topological polar surface area (TPSA) is 37.3 Å². The Hall–Kier alpha value is -3.23. The zero-order valence-corrected chi connectivity index (χ0v) is 27.8. The maximum Gasteiger partial charge on any atom is 0.158 e. The molecular formula is C40H54O2. The predicted molar refractivity (Wildman–Crippen MR) is 183 cm³/mol. The van der Waals surface area contributed by atoms with Gasteiger partial charge in [-0.15, -0.1) is 0 Å². The number of hydrogen-bond donors (Lipinski definition) is 1. The monoisotopic (exact) mass is 566 g/mol. The van der Waals surface area contributed by atoms with Crippen molar-refractivity contribution in [1.29, 1.82) is 0 Å². The molecule has 226 valence electrons. The Labute approximate surface area is 256 Å². The molecule has 0 aliphatic heterocycles. The molecule has 2 aliphatic carbocycles. The van der Waals surface area contributed by atoms with Gasteiger partial charge in [0.15, 0.2) is 5.78 Å². The molecule has 0 saturated heterocycles. The third-order valence-electron chi connectivity index (χ3n) is 8.52. The van der Waals surface area contributed by atoms with Crippen molar-refractivity contribution >= 4 is 5.78 Å². The molecule has 0 spiro atoms. The summed E-state index contributed by atoms with van der Waals surface area (Å²) in [4.78, 5) is 12.2. The average molecular weight is 567 g/mol. The van der Waals surface area contributed by atoms with E-state index >= 15 is 0 Å². The predicted octanol–water partition coefficient (Wildman–Crippen LogP) is 10.8. The second kappa shape index (κ2) is 15.8. The Morgan fingerprint density at radius 1 is 0.667 bits per heavy atom. The van der Waals surface area contributed by atoms with Crippen molar-refractivity contribution in [3.8, 4) is 0 Å². The summed E-state index contributed by atoms with van der Waals surface area (Å²) in [6.07, 6.45) is 32.6. The molecule has 0 bridgehead atoms. The third kappa shape index (κ3) is 10.9. The van der Waals surface area contributed by atoms with Crippen molar-refractivity contribution in [2.75, 3.05) is 0 Å². The zero-order chi connectivity index (χ0) is 31.5. The Morgan fingerprint density at radius 2 is 1.10 bits per heavy atom. The molecule has 1 N–H and O–H groups in total. The lowest BCUT2D eigenvalue weighted by Crippen LogP contribution is -2.27. The first-order valence-corrected chi connectivity index (χ1v) is 15.4. The lowest BCUT2D eigenvalue weighted by atomic mass is 9.71. The van der Waals surface area contributed by atoms with Crippen molar-refractivity contribution in [2.24, 2.45) is 10.8 Å². The van der Waals surface area contributed by atoms with E-state index in [1.807, 2.05) is 6.92 Å². The van der Waals surface area contributed by atoms with Gasteiger partial charge in [-0.2, -0.15) is 0 Å². The number of carbonyl (C=O) groups is 1. The van der Waals surface area contributed by atoms with Gasteiger partial charge in [-0.05, 0) is 93.9 Å². The molecule has 42 heavy (non-hydrogen) atoms. The van der Waals surface area contributed by atoms with Crippen molar-refractivity contribution in [2.45, 2.75) is 101 Å². The number of aliphatic hydroxyl groups excluding tert-OH is 1. The first kappa shape index (κ1) is 35.0. The summed E-state index contributed by atoms with van der Waals surface area (Å²) in [5.41, 5.74) is 9.24. The van der Waals surface area contributed by atoms with Crippen LogP contribution in [-0.4, -0.2) is 17.0 Å². The van der Waals surface area contributed by atoms with Crippen LogP contribution in [0.2, 0.25) is 0 Å². The van der Waals surface area contributed by atoms with Gasteiger partial charge in [-0.25, -0.2) is 0 Å². The van der Waals surface area contributed by atoms with Gasteiger partial charge in [0.05, 0.1) is 6.10 Å². The minimum atomic E-state index is -0.318. The molecule has 0 aromatic heterocycles. The highest BCUT2D eigenvalue weighted by Gasteiger charge is 2.31. The second-order valence-corrected chi connectivity index (χ2v) is 13.3. The normalized spacial score (nSPS) is 23.3. The van der Waals surface area contributed by atoms with E-state index in [4.69, 9.17) is 0 Å².